The van der Waals surface area contributed by atoms with Crippen molar-refractivity contribution in [3.05, 3.63) is 11.1 Å². The summed E-state index contributed by atoms with van der Waals surface area (Å²) >= 11 is 0. The molecule has 0 aromatic rings. The van der Waals surface area contributed by atoms with Crippen LogP contribution in [0, 0.1) is 11.8 Å². The van der Waals surface area contributed by atoms with Crippen LogP contribution in [0.5, 0.6) is 0 Å². The molecule has 1 aliphatic rings. The summed E-state index contributed by atoms with van der Waals surface area (Å²) in [5.41, 5.74) is 0.896. The lowest BCUT2D eigenvalue weighted by atomic mass is 9.79. The number of rotatable bonds is 4. The van der Waals surface area contributed by atoms with Gasteiger partial charge in [0.2, 0.25) is 0 Å². The van der Waals surface area contributed by atoms with Gasteiger partial charge in [0.25, 0.3) is 0 Å². The predicted molar refractivity (Wildman–Crippen MR) is 71.2 cm³/mol. The average molecular weight is 252 g/mol. The third-order valence-corrected chi connectivity index (χ3v) is 4.22. The molecule has 0 amide bonds. The van der Waals surface area contributed by atoms with Gasteiger partial charge in [-0.3, -0.25) is 9.59 Å². The molecule has 1 aliphatic carbocycles. The highest BCUT2D eigenvalue weighted by Crippen LogP contribution is 2.44. The van der Waals surface area contributed by atoms with Crippen LogP contribution in [0.2, 0.25) is 0 Å². The second-order valence-electron chi connectivity index (χ2n) is 5.96. The van der Waals surface area contributed by atoms with E-state index in [0.717, 1.165) is 17.6 Å². The highest BCUT2D eigenvalue weighted by Gasteiger charge is 2.46. The van der Waals surface area contributed by atoms with Crippen molar-refractivity contribution in [2.45, 2.75) is 59.5 Å². The number of carbonyl (C=O) groups is 2. The fraction of sp³-hybridized carbons (Fsp3) is 0.733. The maximum absolute atomic E-state index is 11.7. The summed E-state index contributed by atoms with van der Waals surface area (Å²) in [6, 6.07) is 0. The lowest BCUT2D eigenvalue weighted by molar-refractivity contribution is -0.123. The number of Topliss-reactive ketones (excluding diaryl/α,β-unsaturated/α-hetero) is 2. The van der Waals surface area contributed by atoms with E-state index in [4.69, 9.17) is 0 Å². The highest BCUT2D eigenvalue weighted by molar-refractivity contribution is 5.94. The van der Waals surface area contributed by atoms with Gasteiger partial charge >= 0.3 is 0 Å². The van der Waals surface area contributed by atoms with E-state index in [1.165, 1.54) is 0 Å². The first-order valence-electron chi connectivity index (χ1n) is 6.57. The molecule has 0 aromatic carbocycles. The summed E-state index contributed by atoms with van der Waals surface area (Å²) < 4.78 is 0. The van der Waals surface area contributed by atoms with Crippen molar-refractivity contribution in [1.29, 1.82) is 0 Å². The van der Waals surface area contributed by atoms with Crippen molar-refractivity contribution in [2.75, 3.05) is 0 Å². The summed E-state index contributed by atoms with van der Waals surface area (Å²) in [6.07, 6.45) is 1.87. The molecule has 0 spiro atoms. The number of hydrogen-bond donors (Lipinski definition) is 1. The Balaban J connectivity index is 3.01. The van der Waals surface area contributed by atoms with E-state index < -0.39 is 5.60 Å². The molecule has 1 fully saturated rings. The minimum Gasteiger partial charge on any atom is -0.390 e. The zero-order chi connectivity index (χ0) is 14.1. The lowest BCUT2D eigenvalue weighted by Crippen LogP contribution is -2.34. The smallest absolute Gasteiger partial charge is 0.155 e. The first-order chi connectivity index (χ1) is 8.16. The van der Waals surface area contributed by atoms with Gasteiger partial charge in [0.15, 0.2) is 5.78 Å². The van der Waals surface area contributed by atoms with Crippen LogP contribution in [0.4, 0.5) is 0 Å². The summed E-state index contributed by atoms with van der Waals surface area (Å²) in [5.74, 6) is -0.0908. The second-order valence-corrected chi connectivity index (χ2v) is 5.96. The molecule has 0 bridgehead atoms. The van der Waals surface area contributed by atoms with Gasteiger partial charge in [0, 0.05) is 11.8 Å². The molecule has 18 heavy (non-hydrogen) atoms. The molecule has 0 aliphatic heterocycles. The molecule has 0 radical (unpaired) electrons. The van der Waals surface area contributed by atoms with Crippen molar-refractivity contribution >= 4 is 11.6 Å². The fourth-order valence-electron chi connectivity index (χ4n) is 3.04. The van der Waals surface area contributed by atoms with Gasteiger partial charge in [-0.05, 0) is 59.5 Å². The predicted octanol–water partition coefficient (Wildman–Crippen LogP) is 2.67. The molecule has 102 valence electrons. The third-order valence-electron chi connectivity index (χ3n) is 4.22. The Labute approximate surface area is 109 Å². The Morgan fingerprint density at radius 2 is 1.78 bits per heavy atom. The minimum absolute atomic E-state index is 0.0417. The first-order valence-corrected chi connectivity index (χ1v) is 6.57. The molecule has 1 saturated carbocycles. The summed E-state index contributed by atoms with van der Waals surface area (Å²) in [4.78, 5) is 23.3. The Kier molecular flexibility index (Phi) is 4.49. The molecule has 3 atom stereocenters. The largest absolute Gasteiger partial charge is 0.390 e. The van der Waals surface area contributed by atoms with E-state index in [0.29, 0.717) is 12.8 Å². The maximum atomic E-state index is 11.7. The van der Waals surface area contributed by atoms with Crippen LogP contribution in [0.15, 0.2) is 11.1 Å². The number of aliphatic hydroxyl groups is 1. The fourth-order valence-corrected chi connectivity index (χ4v) is 3.04. The van der Waals surface area contributed by atoms with E-state index in [1.54, 1.807) is 20.8 Å². The van der Waals surface area contributed by atoms with Crippen LogP contribution in [-0.4, -0.2) is 22.3 Å². The van der Waals surface area contributed by atoms with Crippen LogP contribution in [0.1, 0.15) is 53.9 Å². The quantitative estimate of drug-likeness (QED) is 0.783. The number of carbonyl (C=O) groups excluding carboxylic acids is 2. The molecule has 0 heterocycles. The van der Waals surface area contributed by atoms with E-state index in [1.807, 2.05) is 13.8 Å². The van der Waals surface area contributed by atoms with Gasteiger partial charge in [0.1, 0.15) is 5.78 Å². The van der Waals surface area contributed by atoms with Crippen LogP contribution < -0.4 is 0 Å². The zero-order valence-electron chi connectivity index (χ0n) is 12.0. The Morgan fingerprint density at radius 1 is 1.22 bits per heavy atom. The maximum Gasteiger partial charge on any atom is 0.155 e. The normalized spacial score (nSPS) is 31.2. The molecule has 0 aromatic heterocycles. The standard InChI is InChI=1S/C15H24O3/c1-9(2)13(11(4)17)8-14-12(10(3)16)6-7-15(14,5)18/h12,14,18H,6-8H2,1-5H3. The summed E-state index contributed by atoms with van der Waals surface area (Å²) in [6.45, 7) is 8.72. The molecule has 0 saturated heterocycles. The Bertz CT molecular complexity index is 387. The SMILES string of the molecule is CC(=O)C(CC1C(C(C)=O)CCC1(C)O)=C(C)C. The van der Waals surface area contributed by atoms with Gasteiger partial charge in [-0.15, -0.1) is 0 Å². The number of ketones is 2. The van der Waals surface area contributed by atoms with Gasteiger partial charge in [-0.2, -0.15) is 0 Å². The minimum atomic E-state index is -0.841. The van der Waals surface area contributed by atoms with Gasteiger partial charge in [-0.25, -0.2) is 0 Å². The highest BCUT2D eigenvalue weighted by atomic mass is 16.3. The van der Waals surface area contributed by atoms with E-state index in [-0.39, 0.29) is 23.4 Å². The van der Waals surface area contributed by atoms with E-state index >= 15 is 0 Å². The topological polar surface area (TPSA) is 54.4 Å². The Morgan fingerprint density at radius 3 is 2.17 bits per heavy atom. The second kappa shape index (κ2) is 5.35. The third kappa shape index (κ3) is 3.08. The van der Waals surface area contributed by atoms with Crippen molar-refractivity contribution in [3.63, 3.8) is 0 Å². The molecule has 3 heteroatoms. The summed E-state index contributed by atoms with van der Waals surface area (Å²) in [7, 11) is 0. The number of hydrogen-bond acceptors (Lipinski definition) is 3. The molecular formula is C15H24O3. The van der Waals surface area contributed by atoms with Crippen LogP contribution in [0.3, 0.4) is 0 Å². The van der Waals surface area contributed by atoms with Gasteiger partial charge < -0.3 is 5.11 Å². The van der Waals surface area contributed by atoms with Crippen molar-refractivity contribution in [3.8, 4) is 0 Å². The monoisotopic (exact) mass is 252 g/mol. The van der Waals surface area contributed by atoms with Crippen molar-refractivity contribution < 1.29 is 14.7 Å². The van der Waals surface area contributed by atoms with Crippen molar-refractivity contribution in [2.24, 2.45) is 11.8 Å². The molecule has 3 nitrogen and oxygen atoms in total. The van der Waals surface area contributed by atoms with Crippen LogP contribution >= 0.6 is 0 Å². The first kappa shape index (κ1) is 15.1. The summed E-state index contributed by atoms with van der Waals surface area (Å²) in [5, 5.41) is 10.4. The molecule has 3 unspecified atom stereocenters. The van der Waals surface area contributed by atoms with Crippen LogP contribution in [-0.2, 0) is 9.59 Å². The van der Waals surface area contributed by atoms with E-state index in [9.17, 15) is 14.7 Å². The van der Waals surface area contributed by atoms with Crippen molar-refractivity contribution in [1.82, 2.24) is 0 Å². The van der Waals surface area contributed by atoms with E-state index in [2.05, 4.69) is 0 Å². The number of allylic oxidation sites excluding steroid dienone is 2. The lowest BCUT2D eigenvalue weighted by Gasteiger charge is -2.29. The van der Waals surface area contributed by atoms with Gasteiger partial charge in [0.05, 0.1) is 5.60 Å². The molecular weight excluding hydrogens is 228 g/mol. The molecule has 1 N–H and O–H groups in total. The van der Waals surface area contributed by atoms with Gasteiger partial charge in [-0.1, -0.05) is 5.57 Å². The molecule has 1 rings (SSSR count). The zero-order valence-corrected chi connectivity index (χ0v) is 12.0. The van der Waals surface area contributed by atoms with Crippen LogP contribution in [0.25, 0.3) is 0 Å². The average Bonchev–Trinajstić information content (AvgIpc) is 2.49. The Hall–Kier alpha value is -0.960.